The van der Waals surface area contributed by atoms with Crippen molar-refractivity contribution in [2.45, 2.75) is 32.8 Å². The summed E-state index contributed by atoms with van der Waals surface area (Å²) in [6.07, 6.45) is 0. The van der Waals surface area contributed by atoms with E-state index in [9.17, 15) is 13.2 Å². The van der Waals surface area contributed by atoms with Crippen molar-refractivity contribution in [1.29, 1.82) is 0 Å². The zero-order valence-corrected chi connectivity index (χ0v) is 13.4. The summed E-state index contributed by atoms with van der Waals surface area (Å²) in [5.74, 6) is 1.13. The number of alkyl halides is 3. The number of hydrogen-bond donors (Lipinski definition) is 1. The topological polar surface area (TPSA) is 21.3 Å². The van der Waals surface area contributed by atoms with E-state index in [0.717, 1.165) is 17.7 Å². The highest BCUT2D eigenvalue weighted by Crippen LogP contribution is 2.30. The summed E-state index contributed by atoms with van der Waals surface area (Å²) in [5.41, 5.74) is -2.28. The molecular formula is C15H22F3NOS. The molecule has 0 fully saturated rings. The van der Waals surface area contributed by atoms with E-state index in [2.05, 4.69) is 19.2 Å². The molecule has 1 aromatic carbocycles. The van der Waals surface area contributed by atoms with Gasteiger partial charge in [0.05, 0.1) is 6.61 Å². The fourth-order valence-corrected chi connectivity index (χ4v) is 2.25. The first-order chi connectivity index (χ1) is 9.79. The molecule has 0 aliphatic heterocycles. The lowest BCUT2D eigenvalue weighted by Gasteiger charge is -2.15. The number of benzene rings is 1. The van der Waals surface area contributed by atoms with Crippen LogP contribution in [0.15, 0.2) is 18.2 Å². The van der Waals surface area contributed by atoms with Gasteiger partial charge in [0.15, 0.2) is 0 Å². The Morgan fingerprint density at radius 1 is 1.29 bits per heavy atom. The van der Waals surface area contributed by atoms with E-state index in [-0.39, 0.29) is 24.1 Å². The lowest BCUT2D eigenvalue weighted by molar-refractivity contribution is -0.0329. The molecule has 0 heterocycles. The van der Waals surface area contributed by atoms with Crippen LogP contribution in [-0.2, 0) is 6.54 Å². The average molecular weight is 321 g/mol. The van der Waals surface area contributed by atoms with Crippen molar-refractivity contribution in [3.8, 4) is 5.75 Å². The Morgan fingerprint density at radius 3 is 2.62 bits per heavy atom. The van der Waals surface area contributed by atoms with E-state index < -0.39 is 5.51 Å². The van der Waals surface area contributed by atoms with Crippen LogP contribution in [0, 0.1) is 12.8 Å². The lowest BCUT2D eigenvalue weighted by atomic mass is 10.1. The summed E-state index contributed by atoms with van der Waals surface area (Å²) in [4.78, 5) is 0. The Balaban J connectivity index is 2.55. The van der Waals surface area contributed by atoms with E-state index in [0.29, 0.717) is 18.2 Å². The normalized spacial score (nSPS) is 12.0. The van der Waals surface area contributed by atoms with Crippen molar-refractivity contribution in [3.05, 3.63) is 29.3 Å². The van der Waals surface area contributed by atoms with Crippen LogP contribution >= 0.6 is 11.8 Å². The molecule has 120 valence electrons. The molecule has 1 aromatic rings. The van der Waals surface area contributed by atoms with Crippen LogP contribution in [0.2, 0.25) is 0 Å². The average Bonchev–Trinajstić information content (AvgIpc) is 2.35. The summed E-state index contributed by atoms with van der Waals surface area (Å²) in [7, 11) is 0. The number of para-hydroxylation sites is 1. The molecule has 0 aromatic heterocycles. The molecule has 21 heavy (non-hydrogen) atoms. The first-order valence-electron chi connectivity index (χ1n) is 6.92. The molecule has 0 aliphatic rings. The summed E-state index contributed by atoms with van der Waals surface area (Å²) in [6.45, 7) is 7.73. The second kappa shape index (κ2) is 8.54. The van der Waals surface area contributed by atoms with Gasteiger partial charge < -0.3 is 10.1 Å². The van der Waals surface area contributed by atoms with Crippen LogP contribution in [0.3, 0.4) is 0 Å². The molecule has 0 amide bonds. The first kappa shape index (κ1) is 18.2. The van der Waals surface area contributed by atoms with Crippen molar-refractivity contribution in [1.82, 2.24) is 5.32 Å². The Kier molecular flexibility index (Phi) is 7.39. The highest BCUT2D eigenvalue weighted by atomic mass is 32.2. The van der Waals surface area contributed by atoms with E-state index in [1.54, 1.807) is 0 Å². The number of aryl methyl sites for hydroxylation is 1. The maximum absolute atomic E-state index is 12.1. The fraction of sp³-hybridized carbons (Fsp3) is 0.600. The number of rotatable bonds is 8. The third-order valence-electron chi connectivity index (χ3n) is 2.76. The Bertz CT molecular complexity index is 435. The zero-order chi connectivity index (χ0) is 15.9. The minimum atomic E-state index is -4.20. The van der Waals surface area contributed by atoms with Gasteiger partial charge in [0.2, 0.25) is 0 Å². The molecule has 1 rings (SSSR count). The largest absolute Gasteiger partial charge is 0.492 e. The standard InChI is InChI=1S/C15H22F3NOS/c1-11(2)9-19-10-13-6-4-5-12(3)14(13)20-7-8-21-15(16,17)18/h4-6,11,19H,7-10H2,1-3H3. The van der Waals surface area contributed by atoms with E-state index >= 15 is 0 Å². The summed E-state index contributed by atoms with van der Waals surface area (Å²) in [6, 6.07) is 5.77. The maximum Gasteiger partial charge on any atom is 0.441 e. The van der Waals surface area contributed by atoms with Gasteiger partial charge in [0.1, 0.15) is 5.75 Å². The highest BCUT2D eigenvalue weighted by molar-refractivity contribution is 8.00. The van der Waals surface area contributed by atoms with Gasteiger partial charge in [-0.2, -0.15) is 13.2 Å². The van der Waals surface area contributed by atoms with E-state index in [1.165, 1.54) is 0 Å². The second-order valence-electron chi connectivity index (χ2n) is 5.23. The van der Waals surface area contributed by atoms with Gasteiger partial charge in [-0.15, -0.1) is 0 Å². The van der Waals surface area contributed by atoms with Crippen LogP contribution in [0.5, 0.6) is 5.75 Å². The SMILES string of the molecule is Cc1cccc(CNCC(C)C)c1OCCSC(F)(F)F. The molecule has 0 unspecified atom stereocenters. The molecule has 0 radical (unpaired) electrons. The molecule has 2 nitrogen and oxygen atoms in total. The van der Waals surface area contributed by atoms with Gasteiger partial charge in [0, 0.05) is 17.9 Å². The van der Waals surface area contributed by atoms with Gasteiger partial charge in [-0.1, -0.05) is 32.0 Å². The lowest BCUT2D eigenvalue weighted by Crippen LogP contribution is -2.20. The smallest absolute Gasteiger partial charge is 0.441 e. The minimum absolute atomic E-state index is 0.0478. The molecule has 1 N–H and O–H groups in total. The van der Waals surface area contributed by atoms with Crippen LogP contribution < -0.4 is 10.1 Å². The van der Waals surface area contributed by atoms with Gasteiger partial charge in [-0.3, -0.25) is 0 Å². The number of ether oxygens (including phenoxy) is 1. The summed E-state index contributed by atoms with van der Waals surface area (Å²) < 4.78 is 41.8. The van der Waals surface area contributed by atoms with Crippen molar-refractivity contribution >= 4 is 11.8 Å². The molecule has 0 bridgehead atoms. The van der Waals surface area contributed by atoms with Crippen LogP contribution in [0.25, 0.3) is 0 Å². The van der Waals surface area contributed by atoms with Crippen molar-refractivity contribution in [3.63, 3.8) is 0 Å². The number of thioether (sulfide) groups is 1. The van der Waals surface area contributed by atoms with Crippen LogP contribution in [-0.4, -0.2) is 24.4 Å². The van der Waals surface area contributed by atoms with E-state index in [1.807, 2.05) is 25.1 Å². The fourth-order valence-electron chi connectivity index (χ4n) is 1.86. The summed E-state index contributed by atoms with van der Waals surface area (Å²) in [5, 5.41) is 3.32. The predicted molar refractivity (Wildman–Crippen MR) is 81.7 cm³/mol. The molecule has 0 atom stereocenters. The summed E-state index contributed by atoms with van der Waals surface area (Å²) >= 11 is -0.0543. The molecular weight excluding hydrogens is 299 g/mol. The molecule has 0 saturated carbocycles. The Morgan fingerprint density at radius 2 is 2.00 bits per heavy atom. The number of nitrogens with one attached hydrogen (secondary N) is 1. The van der Waals surface area contributed by atoms with Gasteiger partial charge >= 0.3 is 5.51 Å². The molecule has 6 heteroatoms. The van der Waals surface area contributed by atoms with Crippen LogP contribution in [0.4, 0.5) is 13.2 Å². The number of hydrogen-bond acceptors (Lipinski definition) is 3. The molecule has 0 spiro atoms. The quantitative estimate of drug-likeness (QED) is 0.718. The van der Waals surface area contributed by atoms with Gasteiger partial charge in [-0.25, -0.2) is 0 Å². The maximum atomic E-state index is 12.1. The third-order valence-corrected chi connectivity index (χ3v) is 3.46. The van der Waals surface area contributed by atoms with Crippen molar-refractivity contribution < 1.29 is 17.9 Å². The minimum Gasteiger partial charge on any atom is -0.492 e. The first-order valence-corrected chi connectivity index (χ1v) is 7.91. The van der Waals surface area contributed by atoms with Gasteiger partial charge in [-0.05, 0) is 36.7 Å². The third kappa shape index (κ3) is 7.62. The Hall–Kier alpha value is -0.880. The molecule has 0 saturated heterocycles. The second-order valence-corrected chi connectivity index (χ2v) is 6.39. The van der Waals surface area contributed by atoms with Gasteiger partial charge in [0.25, 0.3) is 0 Å². The molecule has 0 aliphatic carbocycles. The van der Waals surface area contributed by atoms with Crippen molar-refractivity contribution in [2.24, 2.45) is 5.92 Å². The monoisotopic (exact) mass is 321 g/mol. The highest BCUT2D eigenvalue weighted by Gasteiger charge is 2.27. The van der Waals surface area contributed by atoms with E-state index in [4.69, 9.17) is 4.74 Å². The van der Waals surface area contributed by atoms with Crippen molar-refractivity contribution in [2.75, 3.05) is 18.9 Å². The van der Waals surface area contributed by atoms with Crippen LogP contribution in [0.1, 0.15) is 25.0 Å². The number of halogens is 3. The zero-order valence-electron chi connectivity index (χ0n) is 12.6. The Labute approximate surface area is 128 Å². The predicted octanol–water partition coefficient (Wildman–Crippen LogP) is 4.37.